The van der Waals surface area contributed by atoms with Crippen LogP contribution in [0, 0.1) is 5.82 Å². The van der Waals surface area contributed by atoms with E-state index in [9.17, 15) is 14.0 Å². The zero-order valence-corrected chi connectivity index (χ0v) is 13.9. The fraction of sp³-hybridized carbons (Fsp3) is 0. The second-order valence-electron chi connectivity index (χ2n) is 4.92. The van der Waals surface area contributed by atoms with Crippen molar-refractivity contribution in [2.45, 2.75) is 0 Å². The molecule has 1 heterocycles. The lowest BCUT2D eigenvalue weighted by atomic mass is 10.1. The zero-order chi connectivity index (χ0) is 17.3. The highest BCUT2D eigenvalue weighted by molar-refractivity contribution is 8.27. The number of benzene rings is 2. The van der Waals surface area contributed by atoms with E-state index in [0.29, 0.717) is 11.3 Å². The minimum absolute atomic E-state index is 0.195. The van der Waals surface area contributed by atoms with E-state index in [-0.39, 0.29) is 14.8 Å². The maximum Gasteiger partial charge on any atom is 0.270 e. The number of carbonyl (C=O) groups excluding carboxylic acids is 2. The second kappa shape index (κ2) is 6.54. The Morgan fingerprint density at radius 3 is 2.54 bits per heavy atom. The largest absolute Gasteiger partial charge is 0.366 e. The third kappa shape index (κ3) is 2.95. The van der Waals surface area contributed by atoms with Gasteiger partial charge in [-0.2, -0.15) is 0 Å². The van der Waals surface area contributed by atoms with Gasteiger partial charge in [-0.15, -0.1) is 0 Å². The number of rotatable bonds is 3. The first-order valence-corrected chi connectivity index (χ1v) is 8.13. The summed E-state index contributed by atoms with van der Waals surface area (Å²) < 4.78 is 14.0. The van der Waals surface area contributed by atoms with Crippen LogP contribution in [0.1, 0.15) is 15.9 Å². The number of para-hydroxylation sites is 1. The molecule has 0 radical (unpaired) electrons. The predicted molar refractivity (Wildman–Crippen MR) is 97.0 cm³/mol. The average Bonchev–Trinajstić information content (AvgIpc) is 2.83. The van der Waals surface area contributed by atoms with E-state index in [4.69, 9.17) is 18.0 Å². The molecule has 0 atom stereocenters. The molecule has 0 aliphatic carbocycles. The van der Waals surface area contributed by atoms with Crippen molar-refractivity contribution in [1.29, 1.82) is 0 Å². The lowest BCUT2D eigenvalue weighted by molar-refractivity contribution is -0.113. The summed E-state index contributed by atoms with van der Waals surface area (Å²) in [6.07, 6.45) is 1.45. The fourth-order valence-electron chi connectivity index (χ4n) is 2.29. The first kappa shape index (κ1) is 16.4. The summed E-state index contributed by atoms with van der Waals surface area (Å²) in [5.74, 6) is -1.50. The van der Waals surface area contributed by atoms with Gasteiger partial charge in [0.25, 0.3) is 11.8 Å². The van der Waals surface area contributed by atoms with E-state index in [1.54, 1.807) is 36.4 Å². The SMILES string of the molecule is NC(=O)c1ccccc1N1C(=O)/C(=C/c2ccccc2F)SC1=S. The monoisotopic (exact) mass is 358 g/mol. The van der Waals surface area contributed by atoms with Crippen LogP contribution in [0.25, 0.3) is 6.08 Å². The zero-order valence-electron chi connectivity index (χ0n) is 12.2. The summed E-state index contributed by atoms with van der Waals surface area (Å²) in [6, 6.07) is 12.6. The van der Waals surface area contributed by atoms with E-state index in [1.165, 1.54) is 23.1 Å². The molecular formula is C17H11FN2O2S2. The van der Waals surface area contributed by atoms with Crippen LogP contribution in [0.15, 0.2) is 53.4 Å². The van der Waals surface area contributed by atoms with Crippen LogP contribution in [-0.2, 0) is 4.79 Å². The number of anilines is 1. The maximum atomic E-state index is 13.8. The Morgan fingerprint density at radius 2 is 1.83 bits per heavy atom. The van der Waals surface area contributed by atoms with Crippen LogP contribution in [0.3, 0.4) is 0 Å². The highest BCUT2D eigenvalue weighted by Crippen LogP contribution is 2.37. The third-order valence-electron chi connectivity index (χ3n) is 3.40. The molecular weight excluding hydrogens is 347 g/mol. The number of amides is 2. The lowest BCUT2D eigenvalue weighted by Crippen LogP contribution is -2.30. The Kier molecular flexibility index (Phi) is 4.46. The number of hydrogen-bond donors (Lipinski definition) is 1. The topological polar surface area (TPSA) is 63.4 Å². The van der Waals surface area contributed by atoms with Crippen LogP contribution in [0.4, 0.5) is 10.1 Å². The molecule has 2 aromatic rings. The van der Waals surface area contributed by atoms with Crippen molar-refractivity contribution in [3.8, 4) is 0 Å². The first-order valence-electron chi connectivity index (χ1n) is 6.90. The molecule has 1 fully saturated rings. The summed E-state index contributed by atoms with van der Waals surface area (Å²) >= 11 is 6.30. The van der Waals surface area contributed by atoms with Crippen molar-refractivity contribution in [1.82, 2.24) is 0 Å². The van der Waals surface area contributed by atoms with Gasteiger partial charge in [-0.25, -0.2) is 4.39 Å². The molecule has 0 aromatic heterocycles. The molecule has 1 aliphatic rings. The highest BCUT2D eigenvalue weighted by Gasteiger charge is 2.35. The fourth-order valence-corrected chi connectivity index (χ4v) is 3.56. The van der Waals surface area contributed by atoms with Crippen LogP contribution < -0.4 is 10.6 Å². The predicted octanol–water partition coefficient (Wildman–Crippen LogP) is 3.33. The number of thioether (sulfide) groups is 1. The smallest absolute Gasteiger partial charge is 0.270 e. The summed E-state index contributed by atoms with van der Waals surface area (Å²) in [4.78, 5) is 25.8. The molecule has 0 unspecified atom stereocenters. The Bertz CT molecular complexity index is 896. The molecule has 2 N–H and O–H groups in total. The van der Waals surface area contributed by atoms with Gasteiger partial charge in [0.1, 0.15) is 5.82 Å². The van der Waals surface area contributed by atoms with Gasteiger partial charge in [-0.3, -0.25) is 14.5 Å². The van der Waals surface area contributed by atoms with Crippen molar-refractivity contribution in [3.05, 3.63) is 70.4 Å². The summed E-state index contributed by atoms with van der Waals surface area (Å²) in [5.41, 5.74) is 6.17. The van der Waals surface area contributed by atoms with E-state index in [2.05, 4.69) is 0 Å². The molecule has 7 heteroatoms. The van der Waals surface area contributed by atoms with Crippen LogP contribution in [0.2, 0.25) is 0 Å². The summed E-state index contributed by atoms with van der Waals surface area (Å²) in [6.45, 7) is 0. The number of nitrogens with zero attached hydrogens (tertiary/aromatic N) is 1. The maximum absolute atomic E-state index is 13.8. The molecule has 0 saturated carbocycles. The number of thiocarbonyl (C=S) groups is 1. The molecule has 120 valence electrons. The van der Waals surface area contributed by atoms with Crippen molar-refractivity contribution in [3.63, 3.8) is 0 Å². The Labute approximate surface area is 147 Å². The average molecular weight is 358 g/mol. The van der Waals surface area contributed by atoms with Crippen molar-refractivity contribution in [2.75, 3.05) is 4.90 Å². The molecule has 4 nitrogen and oxygen atoms in total. The van der Waals surface area contributed by atoms with Gasteiger partial charge in [0.05, 0.1) is 16.2 Å². The van der Waals surface area contributed by atoms with Gasteiger partial charge in [-0.1, -0.05) is 54.3 Å². The van der Waals surface area contributed by atoms with Gasteiger partial charge in [-0.05, 0) is 24.3 Å². The standard InChI is InChI=1S/C17H11FN2O2S2/c18-12-7-3-1-5-10(12)9-14-16(22)20(17(23)24-14)13-8-4-2-6-11(13)15(19)21/h1-9H,(H2,19,21)/b14-9-. The Balaban J connectivity index is 2.02. The van der Waals surface area contributed by atoms with Gasteiger partial charge in [0.15, 0.2) is 4.32 Å². The number of nitrogens with two attached hydrogens (primary N) is 1. The second-order valence-corrected chi connectivity index (χ2v) is 6.60. The molecule has 3 rings (SSSR count). The molecule has 24 heavy (non-hydrogen) atoms. The summed E-state index contributed by atoms with van der Waals surface area (Å²) in [5, 5.41) is 0. The number of halogens is 1. The van der Waals surface area contributed by atoms with Crippen molar-refractivity contribution in [2.24, 2.45) is 5.73 Å². The van der Waals surface area contributed by atoms with E-state index in [0.717, 1.165) is 11.8 Å². The molecule has 1 aliphatic heterocycles. The van der Waals surface area contributed by atoms with Gasteiger partial charge in [0.2, 0.25) is 0 Å². The van der Waals surface area contributed by atoms with Gasteiger partial charge in [0, 0.05) is 5.56 Å². The summed E-state index contributed by atoms with van der Waals surface area (Å²) in [7, 11) is 0. The third-order valence-corrected chi connectivity index (χ3v) is 4.70. The van der Waals surface area contributed by atoms with E-state index in [1.807, 2.05) is 0 Å². The van der Waals surface area contributed by atoms with E-state index < -0.39 is 17.6 Å². The highest BCUT2D eigenvalue weighted by atomic mass is 32.2. The van der Waals surface area contributed by atoms with Gasteiger partial charge >= 0.3 is 0 Å². The first-order chi connectivity index (χ1) is 11.5. The molecule has 0 spiro atoms. The number of primary amides is 1. The Hall–Kier alpha value is -2.51. The molecule has 1 saturated heterocycles. The van der Waals surface area contributed by atoms with Crippen LogP contribution in [0.5, 0.6) is 0 Å². The minimum atomic E-state index is -0.655. The Morgan fingerprint density at radius 1 is 1.17 bits per heavy atom. The lowest BCUT2D eigenvalue weighted by Gasteiger charge is -2.17. The normalized spacial score (nSPS) is 16.0. The molecule has 2 aromatic carbocycles. The van der Waals surface area contributed by atoms with Crippen LogP contribution >= 0.6 is 24.0 Å². The molecule has 2 amide bonds. The van der Waals surface area contributed by atoms with Crippen LogP contribution in [-0.4, -0.2) is 16.1 Å². The number of carbonyl (C=O) groups is 2. The van der Waals surface area contributed by atoms with Gasteiger partial charge < -0.3 is 5.73 Å². The quantitative estimate of drug-likeness (QED) is 0.675. The minimum Gasteiger partial charge on any atom is -0.366 e. The van der Waals surface area contributed by atoms with Crippen molar-refractivity contribution >= 4 is 51.9 Å². The van der Waals surface area contributed by atoms with Crippen molar-refractivity contribution < 1.29 is 14.0 Å². The number of hydrogen-bond acceptors (Lipinski definition) is 4. The van der Waals surface area contributed by atoms with E-state index >= 15 is 0 Å². The molecule has 0 bridgehead atoms.